The van der Waals surface area contributed by atoms with Crippen LogP contribution in [0.4, 0.5) is 4.39 Å². The van der Waals surface area contributed by atoms with Crippen molar-refractivity contribution in [3.05, 3.63) is 64.8 Å². The minimum Gasteiger partial charge on any atom is -0.340 e. The molecule has 1 aliphatic carbocycles. The zero-order valence-corrected chi connectivity index (χ0v) is 26.4. The van der Waals surface area contributed by atoms with E-state index in [0.29, 0.717) is 34.3 Å². The minimum atomic E-state index is -4.97. The van der Waals surface area contributed by atoms with Crippen LogP contribution in [0, 0.1) is 0 Å². The summed E-state index contributed by atoms with van der Waals surface area (Å²) in [5.41, 5.74) is 0.838. The third kappa shape index (κ3) is 5.71. The van der Waals surface area contributed by atoms with E-state index in [9.17, 15) is 33.1 Å². The van der Waals surface area contributed by atoms with E-state index < -0.39 is 31.5 Å². The van der Waals surface area contributed by atoms with E-state index >= 15 is 0 Å². The van der Waals surface area contributed by atoms with Gasteiger partial charge in [0.05, 0.1) is 4.88 Å². The third-order valence-corrected chi connectivity index (χ3v) is 12.1. The van der Waals surface area contributed by atoms with Crippen LogP contribution in [0.5, 0.6) is 0 Å². The van der Waals surface area contributed by atoms with Crippen molar-refractivity contribution in [3.63, 3.8) is 0 Å². The van der Waals surface area contributed by atoms with E-state index in [1.165, 1.54) is 18.2 Å². The number of fused-ring (bicyclic) bond motifs is 2. The molecule has 13 heteroatoms. The van der Waals surface area contributed by atoms with Crippen LogP contribution in [0.3, 0.4) is 0 Å². The molecule has 10 nitrogen and oxygen atoms in total. The molecule has 0 unspecified atom stereocenters. The Bertz CT molecular complexity index is 1690. The van der Waals surface area contributed by atoms with E-state index in [1.807, 2.05) is 17.2 Å². The highest BCUT2D eigenvalue weighted by atomic mass is 32.1. The number of hydrogen-bond donors (Lipinski definition) is 3. The van der Waals surface area contributed by atoms with Crippen LogP contribution < -0.4 is 5.32 Å². The van der Waals surface area contributed by atoms with Gasteiger partial charge in [0, 0.05) is 41.1 Å². The zero-order valence-electron chi connectivity index (χ0n) is 24.7. The first-order valence-electron chi connectivity index (χ1n) is 15.6. The lowest BCUT2D eigenvalue weighted by molar-refractivity contribution is -0.148. The lowest BCUT2D eigenvalue weighted by atomic mass is 9.97. The number of halogens is 1. The lowest BCUT2D eigenvalue weighted by Crippen LogP contribution is -2.57. The van der Waals surface area contributed by atoms with Crippen molar-refractivity contribution in [1.29, 1.82) is 0 Å². The van der Waals surface area contributed by atoms with Crippen LogP contribution in [-0.2, 0) is 14.2 Å². The first kappa shape index (κ1) is 30.5. The van der Waals surface area contributed by atoms with Gasteiger partial charge in [0.25, 0.3) is 5.91 Å². The van der Waals surface area contributed by atoms with Crippen LogP contribution in [0.2, 0.25) is 0 Å². The van der Waals surface area contributed by atoms with Gasteiger partial charge in [-0.05, 0) is 85.7 Å². The molecule has 4 aliphatic rings. The molecule has 0 bridgehead atoms. The number of carbonyl (C=O) groups excluding carboxylic acids is 3. The molecule has 1 spiro atoms. The summed E-state index contributed by atoms with van der Waals surface area (Å²) in [4.78, 5) is 68.7. The fraction of sp³-hybridized carbons (Fsp3) is 0.500. The van der Waals surface area contributed by atoms with Crippen LogP contribution in [0.25, 0.3) is 10.1 Å². The summed E-state index contributed by atoms with van der Waals surface area (Å²) in [6.45, 7) is 0.624. The van der Waals surface area contributed by atoms with Gasteiger partial charge in [-0.15, -0.1) is 11.3 Å². The first-order valence-corrected chi connectivity index (χ1v) is 18.1. The van der Waals surface area contributed by atoms with Gasteiger partial charge in [-0.3, -0.25) is 23.9 Å². The molecular weight excluding hydrogens is 618 g/mol. The second-order valence-electron chi connectivity index (χ2n) is 13.0. The van der Waals surface area contributed by atoms with Gasteiger partial charge in [-0.25, -0.2) is 4.39 Å². The minimum absolute atomic E-state index is 0.0159. The van der Waals surface area contributed by atoms with Crippen LogP contribution >= 0.6 is 18.9 Å². The molecule has 7 rings (SSSR count). The fourth-order valence-electron chi connectivity index (χ4n) is 7.66. The topological polar surface area (TPSA) is 140 Å². The molecule has 1 saturated carbocycles. The maximum atomic E-state index is 14.3. The number of carbonyl (C=O) groups is 3. The molecular formula is C32H36FN4O6PS. The fourth-order valence-corrected chi connectivity index (χ4v) is 9.16. The number of hydrogen-bond acceptors (Lipinski definition) is 6. The lowest BCUT2D eigenvalue weighted by Gasteiger charge is -2.37. The van der Waals surface area contributed by atoms with E-state index in [2.05, 4.69) is 16.4 Å². The van der Waals surface area contributed by atoms with Gasteiger partial charge in [0.2, 0.25) is 17.7 Å². The Morgan fingerprint density at radius 1 is 1.11 bits per heavy atom. The average molecular weight is 655 g/mol. The monoisotopic (exact) mass is 654 g/mol. The number of likely N-dealkylation sites (tertiary alicyclic amines) is 1. The Hall–Kier alpha value is -3.18. The number of aromatic nitrogens is 1. The molecule has 238 valence electrons. The Labute approximate surface area is 264 Å². The smallest absolute Gasteiger partial charge is 0.340 e. The highest BCUT2D eigenvalue weighted by molar-refractivity contribution is 7.51. The summed E-state index contributed by atoms with van der Waals surface area (Å²) in [6, 6.07) is 8.35. The maximum absolute atomic E-state index is 14.3. The number of nitrogens with one attached hydrogen (secondary N) is 1. The zero-order chi connectivity index (χ0) is 31.5. The normalized spacial score (nSPS) is 26.9. The summed E-state index contributed by atoms with van der Waals surface area (Å²) < 4.78 is 26.3. The predicted octanol–water partition coefficient (Wildman–Crippen LogP) is 5.02. The Morgan fingerprint density at radius 2 is 1.91 bits per heavy atom. The molecule has 45 heavy (non-hydrogen) atoms. The Morgan fingerprint density at radius 3 is 2.64 bits per heavy atom. The molecule has 5 heterocycles. The molecule has 3 saturated heterocycles. The van der Waals surface area contributed by atoms with Crippen molar-refractivity contribution in [3.8, 4) is 0 Å². The Kier molecular flexibility index (Phi) is 7.83. The second-order valence-corrected chi connectivity index (χ2v) is 15.7. The van der Waals surface area contributed by atoms with Gasteiger partial charge >= 0.3 is 7.60 Å². The number of thiophene rings is 1. The van der Waals surface area contributed by atoms with Gasteiger partial charge in [-0.2, -0.15) is 0 Å². The van der Waals surface area contributed by atoms with Gasteiger partial charge in [0.15, 0.2) is 0 Å². The van der Waals surface area contributed by atoms with Gasteiger partial charge in [-0.1, -0.05) is 25.0 Å². The van der Waals surface area contributed by atoms with Gasteiger partial charge in [0.1, 0.15) is 12.1 Å². The number of amides is 3. The van der Waals surface area contributed by atoms with E-state index in [4.69, 9.17) is 0 Å². The number of alkyl halides is 1. The van der Waals surface area contributed by atoms with Crippen molar-refractivity contribution in [2.75, 3.05) is 6.54 Å². The summed E-state index contributed by atoms with van der Waals surface area (Å²) in [5, 5.41) is 3.41. The van der Waals surface area contributed by atoms with Crippen molar-refractivity contribution < 1.29 is 33.1 Å². The van der Waals surface area contributed by atoms with Crippen molar-refractivity contribution in [2.45, 2.75) is 93.3 Å². The quantitative estimate of drug-likeness (QED) is 0.317. The van der Waals surface area contributed by atoms with E-state index in [-0.39, 0.29) is 34.9 Å². The second kappa shape index (κ2) is 11.6. The molecule has 2 aromatic heterocycles. The summed E-state index contributed by atoms with van der Waals surface area (Å²) >= 11 is 1.16. The maximum Gasteiger partial charge on any atom is 0.363 e. The summed E-state index contributed by atoms with van der Waals surface area (Å²) in [5.74, 6) is -2.88. The first-order chi connectivity index (χ1) is 21.5. The third-order valence-electron chi connectivity index (χ3n) is 10.1. The standard InChI is InChI=1S/C32H36FN4O6PS/c33-28(44(41,42)43)19-7-10-26-21(14-19)15-27(45-26)29(38)35-24-6-2-1-5-23-8-9-25(37(23)30(24)39)31(40)36-18-22(16-32(36)11-12-32)20-4-3-13-34-17-20/h3-4,7,10,13-15,17,22-25,28H,1-2,5-6,8-9,11-12,16,18H2,(H,35,38)(H2,41,42,43)/t22-,23+,24+,25+,28-/m1/s1. The predicted molar refractivity (Wildman–Crippen MR) is 166 cm³/mol. The number of benzene rings is 1. The SMILES string of the molecule is O=C(N[C@H]1CCCC[C@H]2CC[C@@H](C(=O)N3C[C@H](c4cccnc4)CC34CC4)N2C1=O)c1cc2cc([C@H](F)P(=O)(O)O)ccc2s1. The Balaban J connectivity index is 1.08. The molecule has 3 aliphatic heterocycles. The number of nitrogens with zero attached hydrogens (tertiary/aromatic N) is 3. The number of pyridine rings is 1. The number of rotatable bonds is 6. The summed E-state index contributed by atoms with van der Waals surface area (Å²) in [7, 11) is -4.97. The van der Waals surface area contributed by atoms with Crippen LogP contribution in [-0.4, -0.2) is 72.5 Å². The molecule has 5 atom stereocenters. The van der Waals surface area contributed by atoms with Crippen molar-refractivity contribution in [1.82, 2.24) is 20.1 Å². The average Bonchev–Trinajstić information content (AvgIpc) is 3.33. The molecule has 4 fully saturated rings. The highest BCUT2D eigenvalue weighted by Crippen LogP contribution is 2.55. The summed E-state index contributed by atoms with van der Waals surface area (Å²) in [6.07, 6.45) is 10.8. The van der Waals surface area contributed by atoms with Crippen LogP contribution in [0.15, 0.2) is 48.8 Å². The highest BCUT2D eigenvalue weighted by Gasteiger charge is 2.58. The van der Waals surface area contributed by atoms with E-state index in [1.54, 1.807) is 17.2 Å². The molecule has 0 radical (unpaired) electrons. The van der Waals surface area contributed by atoms with Gasteiger partial charge < -0.3 is 24.9 Å². The van der Waals surface area contributed by atoms with Crippen LogP contribution in [0.1, 0.15) is 90.4 Å². The molecule has 3 N–H and O–H groups in total. The molecule has 3 amide bonds. The van der Waals surface area contributed by atoms with E-state index in [0.717, 1.165) is 61.8 Å². The van der Waals surface area contributed by atoms with Crippen molar-refractivity contribution >= 4 is 46.7 Å². The molecule has 3 aromatic rings. The largest absolute Gasteiger partial charge is 0.363 e. The molecule has 1 aromatic carbocycles. The van der Waals surface area contributed by atoms with Crippen molar-refractivity contribution in [2.24, 2.45) is 0 Å².